The average molecular weight is 239 g/mol. The second-order valence-electron chi connectivity index (χ2n) is 5.68. The summed E-state index contributed by atoms with van der Waals surface area (Å²) in [4.78, 5) is 16.5. The third kappa shape index (κ3) is 3.68. The summed E-state index contributed by atoms with van der Waals surface area (Å²) in [5, 5.41) is 3.41. The molecular formula is C13H25N3O. The van der Waals surface area contributed by atoms with Crippen LogP contribution in [0, 0.1) is 5.92 Å². The van der Waals surface area contributed by atoms with Gasteiger partial charge in [-0.2, -0.15) is 0 Å². The summed E-state index contributed by atoms with van der Waals surface area (Å²) in [6.07, 6.45) is 2.44. The molecule has 1 amide bonds. The molecular weight excluding hydrogens is 214 g/mol. The molecule has 0 spiro atoms. The van der Waals surface area contributed by atoms with Crippen molar-refractivity contribution in [3.8, 4) is 0 Å². The zero-order chi connectivity index (χ0) is 12.3. The summed E-state index contributed by atoms with van der Waals surface area (Å²) >= 11 is 0. The van der Waals surface area contributed by atoms with Crippen molar-refractivity contribution >= 4 is 5.91 Å². The molecule has 1 N–H and O–H groups in total. The number of carbonyl (C=O) groups excluding carboxylic acids is 1. The van der Waals surface area contributed by atoms with Gasteiger partial charge in [0.05, 0.1) is 6.54 Å². The van der Waals surface area contributed by atoms with Crippen molar-refractivity contribution in [2.75, 3.05) is 39.3 Å². The topological polar surface area (TPSA) is 35.6 Å². The maximum Gasteiger partial charge on any atom is 0.236 e. The number of nitrogens with one attached hydrogen (secondary N) is 1. The highest BCUT2D eigenvalue weighted by Gasteiger charge is 2.24. The van der Waals surface area contributed by atoms with E-state index < -0.39 is 0 Å². The lowest BCUT2D eigenvalue weighted by molar-refractivity contribution is -0.134. The Balaban J connectivity index is 1.79. The Hall–Kier alpha value is -0.610. The van der Waals surface area contributed by atoms with E-state index in [9.17, 15) is 4.79 Å². The van der Waals surface area contributed by atoms with Crippen LogP contribution in [0.15, 0.2) is 0 Å². The molecule has 0 saturated carbocycles. The summed E-state index contributed by atoms with van der Waals surface area (Å²) in [5.41, 5.74) is 0. The number of hydrogen-bond donors (Lipinski definition) is 1. The van der Waals surface area contributed by atoms with Gasteiger partial charge in [-0.1, -0.05) is 6.92 Å². The molecule has 0 aromatic rings. The first-order valence-electron chi connectivity index (χ1n) is 6.88. The monoisotopic (exact) mass is 239 g/mol. The van der Waals surface area contributed by atoms with Gasteiger partial charge in [-0.15, -0.1) is 0 Å². The van der Waals surface area contributed by atoms with Gasteiger partial charge in [0.15, 0.2) is 0 Å². The molecule has 0 bridgehead atoms. The Morgan fingerprint density at radius 3 is 2.82 bits per heavy atom. The van der Waals surface area contributed by atoms with Crippen molar-refractivity contribution in [3.05, 3.63) is 0 Å². The van der Waals surface area contributed by atoms with E-state index in [4.69, 9.17) is 0 Å². The van der Waals surface area contributed by atoms with Crippen LogP contribution in [0.5, 0.6) is 0 Å². The Bertz CT molecular complexity index is 269. The number of nitrogens with zero attached hydrogens (tertiary/aromatic N) is 2. The van der Waals surface area contributed by atoms with Crippen LogP contribution in [0.3, 0.4) is 0 Å². The largest absolute Gasteiger partial charge is 0.341 e. The van der Waals surface area contributed by atoms with Gasteiger partial charge in [0, 0.05) is 38.8 Å². The van der Waals surface area contributed by atoms with E-state index in [1.807, 2.05) is 0 Å². The van der Waals surface area contributed by atoms with Crippen molar-refractivity contribution < 1.29 is 4.79 Å². The summed E-state index contributed by atoms with van der Waals surface area (Å²) in [7, 11) is 0. The maximum atomic E-state index is 12.2. The lowest BCUT2D eigenvalue weighted by atomic mass is 10.0. The second-order valence-corrected chi connectivity index (χ2v) is 5.68. The molecule has 2 unspecified atom stereocenters. The molecule has 0 radical (unpaired) electrons. The number of rotatable bonds is 2. The first-order chi connectivity index (χ1) is 8.15. The van der Waals surface area contributed by atoms with Gasteiger partial charge < -0.3 is 10.2 Å². The smallest absolute Gasteiger partial charge is 0.236 e. The van der Waals surface area contributed by atoms with Crippen LogP contribution in [-0.2, 0) is 4.79 Å². The molecule has 0 aromatic carbocycles. The average Bonchev–Trinajstić information content (AvgIpc) is 2.29. The third-order valence-electron chi connectivity index (χ3n) is 3.82. The predicted molar refractivity (Wildman–Crippen MR) is 68.9 cm³/mol. The van der Waals surface area contributed by atoms with Crippen molar-refractivity contribution in [1.29, 1.82) is 0 Å². The fraction of sp³-hybridized carbons (Fsp3) is 0.923. The summed E-state index contributed by atoms with van der Waals surface area (Å²) in [6, 6.07) is 0.511. The molecule has 2 fully saturated rings. The molecule has 4 heteroatoms. The maximum absolute atomic E-state index is 12.2. The lowest BCUT2D eigenvalue weighted by Gasteiger charge is -2.35. The highest BCUT2D eigenvalue weighted by Crippen LogP contribution is 2.15. The number of piperazine rings is 1. The first-order valence-corrected chi connectivity index (χ1v) is 6.88. The standard InChI is InChI=1S/C13H25N3O/c1-11-4-3-6-16(8-11)13(17)10-15-7-5-14-12(2)9-15/h11-12,14H,3-10H2,1-2H3. The number of likely N-dealkylation sites (tertiary alicyclic amines) is 1. The molecule has 98 valence electrons. The van der Waals surface area contributed by atoms with Crippen molar-refractivity contribution in [2.24, 2.45) is 5.92 Å². The summed E-state index contributed by atoms with van der Waals surface area (Å²) < 4.78 is 0. The number of hydrogen-bond acceptors (Lipinski definition) is 3. The second kappa shape index (κ2) is 5.83. The van der Waals surface area contributed by atoms with Crippen LogP contribution in [0.2, 0.25) is 0 Å². The summed E-state index contributed by atoms with van der Waals surface area (Å²) in [5.74, 6) is 1.00. The van der Waals surface area contributed by atoms with Crippen LogP contribution in [0.1, 0.15) is 26.7 Å². The molecule has 2 atom stereocenters. The molecule has 2 aliphatic heterocycles. The van der Waals surface area contributed by atoms with Gasteiger partial charge >= 0.3 is 0 Å². The molecule has 17 heavy (non-hydrogen) atoms. The lowest BCUT2D eigenvalue weighted by Crippen LogP contribution is -2.53. The van der Waals surface area contributed by atoms with Crippen molar-refractivity contribution in [1.82, 2.24) is 15.1 Å². The fourth-order valence-electron chi connectivity index (χ4n) is 2.86. The quantitative estimate of drug-likeness (QED) is 0.764. The number of amides is 1. The van der Waals surface area contributed by atoms with E-state index in [1.54, 1.807) is 0 Å². The molecule has 4 nitrogen and oxygen atoms in total. The van der Waals surface area contributed by atoms with Gasteiger partial charge in [0.1, 0.15) is 0 Å². The SMILES string of the molecule is CC1CCCN(C(=O)CN2CCNC(C)C2)C1. The van der Waals surface area contributed by atoms with Crippen molar-refractivity contribution in [3.63, 3.8) is 0 Å². The van der Waals surface area contributed by atoms with E-state index in [0.717, 1.165) is 32.7 Å². The van der Waals surface area contributed by atoms with E-state index in [1.165, 1.54) is 12.8 Å². The zero-order valence-corrected chi connectivity index (χ0v) is 11.1. The molecule has 0 aromatic heterocycles. The number of piperidine rings is 1. The minimum Gasteiger partial charge on any atom is -0.341 e. The molecule has 2 aliphatic rings. The molecule has 0 aliphatic carbocycles. The first kappa shape index (κ1) is 12.8. The van der Waals surface area contributed by atoms with Crippen molar-refractivity contribution in [2.45, 2.75) is 32.7 Å². The van der Waals surface area contributed by atoms with Gasteiger partial charge in [-0.05, 0) is 25.7 Å². The third-order valence-corrected chi connectivity index (χ3v) is 3.82. The Morgan fingerprint density at radius 2 is 2.12 bits per heavy atom. The highest BCUT2D eigenvalue weighted by molar-refractivity contribution is 5.78. The van der Waals surface area contributed by atoms with E-state index in [2.05, 4.69) is 29.0 Å². The normalized spacial score (nSPS) is 31.5. The van der Waals surface area contributed by atoms with E-state index in [-0.39, 0.29) is 0 Å². The molecule has 2 heterocycles. The van der Waals surface area contributed by atoms with Gasteiger partial charge in [0.2, 0.25) is 5.91 Å². The van der Waals surface area contributed by atoms with Crippen LogP contribution >= 0.6 is 0 Å². The molecule has 2 rings (SSSR count). The van der Waals surface area contributed by atoms with Gasteiger partial charge in [0.25, 0.3) is 0 Å². The zero-order valence-electron chi connectivity index (χ0n) is 11.1. The Kier molecular flexibility index (Phi) is 4.40. The fourth-order valence-corrected chi connectivity index (χ4v) is 2.86. The van der Waals surface area contributed by atoms with Gasteiger partial charge in [-0.3, -0.25) is 9.69 Å². The predicted octanol–water partition coefficient (Wildman–Crippen LogP) is 0.539. The summed E-state index contributed by atoms with van der Waals surface area (Å²) in [6.45, 7) is 9.95. The minimum absolute atomic E-state index is 0.325. The Labute approximate surface area is 104 Å². The van der Waals surface area contributed by atoms with Crippen LogP contribution in [0.4, 0.5) is 0 Å². The van der Waals surface area contributed by atoms with Gasteiger partial charge in [-0.25, -0.2) is 0 Å². The number of carbonyl (C=O) groups is 1. The molecule has 2 saturated heterocycles. The van der Waals surface area contributed by atoms with E-state index >= 15 is 0 Å². The Morgan fingerprint density at radius 1 is 1.29 bits per heavy atom. The van der Waals surface area contributed by atoms with Crippen LogP contribution < -0.4 is 5.32 Å². The van der Waals surface area contributed by atoms with Crippen LogP contribution in [0.25, 0.3) is 0 Å². The highest BCUT2D eigenvalue weighted by atomic mass is 16.2. The van der Waals surface area contributed by atoms with E-state index in [0.29, 0.717) is 24.4 Å². The minimum atomic E-state index is 0.325. The van der Waals surface area contributed by atoms with Crippen LogP contribution in [-0.4, -0.2) is 61.0 Å².